The molecule has 0 spiro atoms. The lowest BCUT2D eigenvalue weighted by Gasteiger charge is -2.28. The largest absolute Gasteiger partial charge is 0.385 e. The molecule has 0 aromatic carbocycles. The van der Waals surface area contributed by atoms with Gasteiger partial charge in [-0.2, -0.15) is 0 Å². The molecule has 1 rings (SSSR count). The van der Waals surface area contributed by atoms with Gasteiger partial charge in [-0.25, -0.2) is 4.98 Å². The van der Waals surface area contributed by atoms with Crippen molar-refractivity contribution in [3.05, 3.63) is 18.2 Å². The molecule has 0 bridgehead atoms. The molecule has 0 saturated heterocycles. The fraction of sp³-hybridized carbons (Fsp3) is 0.800. The van der Waals surface area contributed by atoms with E-state index in [-0.39, 0.29) is 5.41 Å². The molecule has 0 saturated carbocycles. The van der Waals surface area contributed by atoms with Crippen molar-refractivity contribution in [3.63, 3.8) is 0 Å². The molecule has 1 atom stereocenters. The SMILES string of the molecule is COCCC(C)(C)Cn1cncc1C(CN)C(C)C. The molecule has 1 heterocycles. The van der Waals surface area contributed by atoms with Crippen LogP contribution in [0.25, 0.3) is 0 Å². The van der Waals surface area contributed by atoms with E-state index in [0.29, 0.717) is 18.4 Å². The van der Waals surface area contributed by atoms with E-state index in [0.717, 1.165) is 19.6 Å². The van der Waals surface area contributed by atoms with Crippen molar-refractivity contribution in [2.75, 3.05) is 20.3 Å². The van der Waals surface area contributed by atoms with Crippen LogP contribution < -0.4 is 5.73 Å². The molecule has 2 N–H and O–H groups in total. The first-order valence-electron chi connectivity index (χ1n) is 7.10. The summed E-state index contributed by atoms with van der Waals surface area (Å²) in [6.07, 6.45) is 4.93. The highest BCUT2D eigenvalue weighted by Crippen LogP contribution is 2.28. The van der Waals surface area contributed by atoms with Crippen LogP contribution >= 0.6 is 0 Å². The van der Waals surface area contributed by atoms with Crippen LogP contribution in [0, 0.1) is 11.3 Å². The van der Waals surface area contributed by atoms with Gasteiger partial charge in [0, 0.05) is 44.6 Å². The number of aromatic nitrogens is 2. The van der Waals surface area contributed by atoms with Crippen molar-refractivity contribution in [1.82, 2.24) is 9.55 Å². The second-order valence-corrected chi connectivity index (χ2v) is 6.44. The summed E-state index contributed by atoms with van der Waals surface area (Å²) >= 11 is 0. The second kappa shape index (κ2) is 7.06. The topological polar surface area (TPSA) is 53.1 Å². The van der Waals surface area contributed by atoms with Gasteiger partial charge in [0.15, 0.2) is 0 Å². The lowest BCUT2D eigenvalue weighted by Crippen LogP contribution is -2.26. The molecular weight excluding hydrogens is 238 g/mol. The summed E-state index contributed by atoms with van der Waals surface area (Å²) in [6, 6.07) is 0. The Labute approximate surface area is 117 Å². The van der Waals surface area contributed by atoms with Crippen molar-refractivity contribution in [3.8, 4) is 0 Å². The average Bonchev–Trinajstić information content (AvgIpc) is 2.75. The van der Waals surface area contributed by atoms with E-state index in [2.05, 4.69) is 37.2 Å². The van der Waals surface area contributed by atoms with Crippen molar-refractivity contribution >= 4 is 0 Å². The minimum atomic E-state index is 0.196. The Morgan fingerprint density at radius 3 is 2.63 bits per heavy atom. The zero-order valence-corrected chi connectivity index (χ0v) is 13.0. The van der Waals surface area contributed by atoms with Gasteiger partial charge in [-0.3, -0.25) is 0 Å². The molecule has 110 valence electrons. The summed E-state index contributed by atoms with van der Waals surface area (Å²) in [5.74, 6) is 0.906. The Morgan fingerprint density at radius 2 is 2.11 bits per heavy atom. The van der Waals surface area contributed by atoms with E-state index < -0.39 is 0 Å². The van der Waals surface area contributed by atoms with Gasteiger partial charge in [-0.05, 0) is 17.8 Å². The molecule has 0 aliphatic heterocycles. The van der Waals surface area contributed by atoms with Crippen LogP contribution in [-0.2, 0) is 11.3 Å². The number of hydrogen-bond donors (Lipinski definition) is 1. The minimum Gasteiger partial charge on any atom is -0.385 e. The maximum absolute atomic E-state index is 5.92. The number of methoxy groups -OCH3 is 1. The van der Waals surface area contributed by atoms with Crippen LogP contribution in [0.3, 0.4) is 0 Å². The molecule has 0 aliphatic carbocycles. The molecule has 4 heteroatoms. The number of imidazole rings is 1. The van der Waals surface area contributed by atoms with Crippen LogP contribution in [0.15, 0.2) is 12.5 Å². The van der Waals surface area contributed by atoms with E-state index in [9.17, 15) is 0 Å². The van der Waals surface area contributed by atoms with Gasteiger partial charge in [0.1, 0.15) is 0 Å². The van der Waals surface area contributed by atoms with Crippen molar-refractivity contribution in [2.45, 2.75) is 46.6 Å². The van der Waals surface area contributed by atoms with Gasteiger partial charge in [-0.1, -0.05) is 27.7 Å². The molecule has 0 amide bonds. The second-order valence-electron chi connectivity index (χ2n) is 6.44. The fourth-order valence-electron chi connectivity index (χ4n) is 2.42. The monoisotopic (exact) mass is 267 g/mol. The standard InChI is InChI=1S/C15H29N3O/c1-12(2)13(8-16)14-9-17-11-18(14)10-15(3,4)6-7-19-5/h9,11-13H,6-8,10,16H2,1-5H3. The predicted octanol–water partition coefficient (Wildman–Crippen LogP) is 2.64. The Morgan fingerprint density at radius 1 is 1.42 bits per heavy atom. The highest BCUT2D eigenvalue weighted by Gasteiger charge is 2.23. The number of nitrogens with two attached hydrogens (primary N) is 1. The van der Waals surface area contributed by atoms with Gasteiger partial charge in [0.2, 0.25) is 0 Å². The van der Waals surface area contributed by atoms with Crippen LogP contribution in [-0.4, -0.2) is 29.8 Å². The number of nitrogens with zero attached hydrogens (tertiary/aromatic N) is 2. The molecule has 1 aromatic heterocycles. The number of hydrogen-bond acceptors (Lipinski definition) is 3. The normalized spacial score (nSPS) is 14.1. The molecule has 0 radical (unpaired) electrons. The molecule has 19 heavy (non-hydrogen) atoms. The predicted molar refractivity (Wildman–Crippen MR) is 79.1 cm³/mol. The van der Waals surface area contributed by atoms with E-state index in [1.807, 2.05) is 12.5 Å². The Hall–Kier alpha value is -0.870. The van der Waals surface area contributed by atoms with Crippen LogP contribution in [0.5, 0.6) is 0 Å². The number of ether oxygens (including phenoxy) is 1. The van der Waals surface area contributed by atoms with Crippen LogP contribution in [0.1, 0.15) is 45.7 Å². The first kappa shape index (κ1) is 16.2. The summed E-state index contributed by atoms with van der Waals surface area (Å²) in [4.78, 5) is 4.31. The van der Waals surface area contributed by atoms with Crippen LogP contribution in [0.4, 0.5) is 0 Å². The van der Waals surface area contributed by atoms with Gasteiger partial charge < -0.3 is 15.0 Å². The van der Waals surface area contributed by atoms with Crippen molar-refractivity contribution in [1.29, 1.82) is 0 Å². The summed E-state index contributed by atoms with van der Waals surface area (Å²) < 4.78 is 7.45. The Bertz CT molecular complexity index is 371. The maximum atomic E-state index is 5.92. The van der Waals surface area contributed by atoms with E-state index >= 15 is 0 Å². The first-order valence-corrected chi connectivity index (χ1v) is 7.10. The number of rotatable bonds is 8. The highest BCUT2D eigenvalue weighted by molar-refractivity contribution is 5.08. The third-order valence-electron chi connectivity index (χ3n) is 3.76. The molecular formula is C15H29N3O. The molecule has 1 aromatic rings. The maximum Gasteiger partial charge on any atom is 0.0948 e. The molecule has 1 unspecified atom stereocenters. The fourth-order valence-corrected chi connectivity index (χ4v) is 2.42. The zero-order chi connectivity index (χ0) is 14.5. The summed E-state index contributed by atoms with van der Waals surface area (Å²) in [5, 5.41) is 0. The summed E-state index contributed by atoms with van der Waals surface area (Å²) in [7, 11) is 1.75. The third kappa shape index (κ3) is 4.62. The highest BCUT2D eigenvalue weighted by atomic mass is 16.5. The quantitative estimate of drug-likeness (QED) is 0.788. The average molecular weight is 267 g/mol. The summed E-state index contributed by atoms with van der Waals surface area (Å²) in [6.45, 7) is 11.4. The molecule has 0 fully saturated rings. The van der Waals surface area contributed by atoms with E-state index in [1.54, 1.807) is 7.11 Å². The minimum absolute atomic E-state index is 0.196. The van der Waals surface area contributed by atoms with Gasteiger partial charge in [-0.15, -0.1) is 0 Å². The zero-order valence-electron chi connectivity index (χ0n) is 13.0. The smallest absolute Gasteiger partial charge is 0.0948 e. The van der Waals surface area contributed by atoms with Gasteiger partial charge >= 0.3 is 0 Å². The van der Waals surface area contributed by atoms with Crippen LogP contribution in [0.2, 0.25) is 0 Å². The molecule has 4 nitrogen and oxygen atoms in total. The Balaban J connectivity index is 2.82. The Kier molecular flexibility index (Phi) is 6.01. The van der Waals surface area contributed by atoms with E-state index in [4.69, 9.17) is 10.5 Å². The van der Waals surface area contributed by atoms with E-state index in [1.165, 1.54) is 5.69 Å². The third-order valence-corrected chi connectivity index (χ3v) is 3.76. The summed E-state index contributed by atoms with van der Waals surface area (Å²) in [5.41, 5.74) is 7.37. The lowest BCUT2D eigenvalue weighted by atomic mass is 9.88. The van der Waals surface area contributed by atoms with Crippen molar-refractivity contribution in [2.24, 2.45) is 17.1 Å². The van der Waals surface area contributed by atoms with Gasteiger partial charge in [0.05, 0.1) is 6.33 Å². The first-order chi connectivity index (χ1) is 8.91. The van der Waals surface area contributed by atoms with Gasteiger partial charge in [0.25, 0.3) is 0 Å². The lowest BCUT2D eigenvalue weighted by molar-refractivity contribution is 0.141. The van der Waals surface area contributed by atoms with Crippen molar-refractivity contribution < 1.29 is 4.74 Å². The molecule has 0 aliphatic rings.